The molecule has 0 aliphatic heterocycles. The van der Waals surface area contributed by atoms with Crippen molar-refractivity contribution >= 4 is 34.0 Å². The van der Waals surface area contributed by atoms with Crippen molar-refractivity contribution in [1.29, 1.82) is 0 Å². The van der Waals surface area contributed by atoms with Crippen molar-refractivity contribution in [2.45, 2.75) is 39.8 Å². The molecule has 0 amide bonds. The van der Waals surface area contributed by atoms with E-state index in [9.17, 15) is 0 Å². The summed E-state index contributed by atoms with van der Waals surface area (Å²) in [6.45, 7) is 9.19. The Morgan fingerprint density at radius 2 is 0.860 bits per heavy atom. The number of fused-ring (bicyclic) bond motifs is 4. The predicted molar refractivity (Wildman–Crippen MR) is 168 cm³/mol. The first-order valence-corrected chi connectivity index (χ1v) is 17.0. The Balaban J connectivity index is 0.00000165. The van der Waals surface area contributed by atoms with Crippen LogP contribution in [0.1, 0.15) is 56.9 Å². The van der Waals surface area contributed by atoms with Gasteiger partial charge in [-0.05, 0) is 0 Å². The number of halogens is 2. The third kappa shape index (κ3) is 4.47. The van der Waals surface area contributed by atoms with Gasteiger partial charge in [-0.25, -0.2) is 0 Å². The van der Waals surface area contributed by atoms with E-state index in [-0.39, 0.29) is 36.9 Å². The van der Waals surface area contributed by atoms with Crippen molar-refractivity contribution in [3.05, 3.63) is 148 Å². The third-order valence-electron chi connectivity index (χ3n) is 9.54. The summed E-state index contributed by atoms with van der Waals surface area (Å²) in [5.41, 5.74) is 13.9. The molecule has 0 radical (unpaired) electrons. The number of hydrogen-bond donors (Lipinski definition) is 0. The fourth-order valence-electron chi connectivity index (χ4n) is 7.32. The van der Waals surface area contributed by atoms with Crippen molar-refractivity contribution in [3.8, 4) is 0 Å². The standard InChI is InChI=1S/2C19H16N.2ClH.Zr/c2*1-13-14(2)20(18-10-6-5-8-16(13)18)19-12-11-15-7-3-4-9-17(15)19;;;/h2*3-11,19H,1-2H3;2*1H;/q;;;;+2/p-2. The van der Waals surface area contributed by atoms with E-state index in [1.54, 1.807) is 6.56 Å². The molecule has 0 spiro atoms. The van der Waals surface area contributed by atoms with Crippen LogP contribution in [0.2, 0.25) is 0 Å². The summed E-state index contributed by atoms with van der Waals surface area (Å²) >= 11 is -1.20. The molecule has 0 bridgehead atoms. The van der Waals surface area contributed by atoms with Crippen LogP contribution in [-0.4, -0.2) is 9.13 Å². The van der Waals surface area contributed by atoms with Crippen LogP contribution in [-0.2, 0) is 23.2 Å². The molecule has 2 aliphatic rings. The molecular weight excluding hydrogens is 647 g/mol. The van der Waals surface area contributed by atoms with Gasteiger partial charge in [0, 0.05) is 0 Å². The molecule has 43 heavy (non-hydrogen) atoms. The van der Waals surface area contributed by atoms with E-state index in [4.69, 9.17) is 0 Å². The van der Waals surface area contributed by atoms with Crippen molar-refractivity contribution in [3.63, 3.8) is 0 Å². The van der Waals surface area contributed by atoms with E-state index in [1.807, 2.05) is 0 Å². The molecule has 5 heteroatoms. The van der Waals surface area contributed by atoms with E-state index in [0.717, 1.165) is 0 Å². The quantitative estimate of drug-likeness (QED) is 0.271. The van der Waals surface area contributed by atoms with Crippen LogP contribution in [0.15, 0.2) is 104 Å². The van der Waals surface area contributed by atoms with Gasteiger partial charge in [0.2, 0.25) is 0 Å². The molecule has 2 aromatic heterocycles. The molecule has 2 nitrogen and oxygen atoms in total. The Bertz CT molecular complexity index is 1950. The zero-order valence-corrected chi connectivity index (χ0v) is 28.7. The summed E-state index contributed by atoms with van der Waals surface area (Å²) in [5, 5.41) is 2.74. The molecule has 0 saturated carbocycles. The third-order valence-corrected chi connectivity index (χ3v) is 13.0. The normalized spacial score (nSPS) is 16.7. The second kappa shape index (κ2) is 11.4. The molecule has 4 aromatic carbocycles. The van der Waals surface area contributed by atoms with Gasteiger partial charge in [0.25, 0.3) is 0 Å². The first kappa shape index (κ1) is 30.0. The number of para-hydroxylation sites is 2. The van der Waals surface area contributed by atoms with Crippen LogP contribution < -0.4 is 24.8 Å². The van der Waals surface area contributed by atoms with Crippen LogP contribution in [0.4, 0.5) is 0 Å². The number of benzene rings is 4. The average molecular weight is 679 g/mol. The summed E-state index contributed by atoms with van der Waals surface area (Å²) in [7, 11) is 0. The fraction of sp³-hybridized carbons (Fsp3) is 0.158. The number of nitrogens with zero attached hydrogens (tertiary/aromatic N) is 2. The molecule has 0 N–H and O–H groups in total. The molecule has 2 heterocycles. The maximum Gasteiger partial charge on any atom is -1.00 e. The molecule has 6 aromatic rings. The number of aromatic nitrogens is 2. The molecule has 0 saturated heterocycles. The van der Waals surface area contributed by atoms with Gasteiger partial charge >= 0.3 is 254 Å². The van der Waals surface area contributed by atoms with Gasteiger partial charge in [0.1, 0.15) is 0 Å². The van der Waals surface area contributed by atoms with E-state index in [2.05, 4.69) is 146 Å². The van der Waals surface area contributed by atoms with Crippen molar-refractivity contribution in [2.75, 3.05) is 0 Å². The van der Waals surface area contributed by atoms with E-state index >= 15 is 0 Å². The summed E-state index contributed by atoms with van der Waals surface area (Å²) in [5.74, 6) is 0. The van der Waals surface area contributed by atoms with Crippen molar-refractivity contribution < 1.29 is 48.0 Å². The Hall–Kier alpha value is -3.10. The van der Waals surface area contributed by atoms with Gasteiger partial charge in [-0.15, -0.1) is 0 Å². The summed E-state index contributed by atoms with van der Waals surface area (Å²) in [6, 6.07) is 36.6. The van der Waals surface area contributed by atoms with Gasteiger partial charge in [0.15, 0.2) is 0 Å². The Labute approximate surface area is 277 Å². The first-order chi connectivity index (χ1) is 20.0. The molecule has 2 unspecified atom stereocenters. The summed E-state index contributed by atoms with van der Waals surface area (Å²) in [4.78, 5) is 0. The van der Waals surface area contributed by atoms with E-state index in [1.165, 1.54) is 66.6 Å². The Morgan fingerprint density at radius 3 is 1.30 bits per heavy atom. The summed E-state index contributed by atoms with van der Waals surface area (Å²) < 4.78 is 8.55. The first-order valence-electron chi connectivity index (χ1n) is 14.5. The number of aryl methyl sites for hydroxylation is 2. The molecular formula is C38H32Cl2N2Zr. The van der Waals surface area contributed by atoms with Crippen LogP contribution in [0.25, 0.3) is 34.0 Å². The van der Waals surface area contributed by atoms with E-state index < -0.39 is 23.2 Å². The number of allylic oxidation sites excluding steroid dienone is 2. The fourth-order valence-corrected chi connectivity index (χ4v) is 11.3. The Morgan fingerprint density at radius 1 is 0.488 bits per heavy atom. The average Bonchev–Trinajstić information content (AvgIpc) is 3.68. The van der Waals surface area contributed by atoms with Gasteiger partial charge in [-0.1, -0.05) is 0 Å². The molecule has 0 fully saturated rings. The van der Waals surface area contributed by atoms with Crippen LogP contribution in [0.3, 0.4) is 0 Å². The molecule has 2 atom stereocenters. The number of rotatable bonds is 4. The maximum atomic E-state index is 2.64. The smallest absolute Gasteiger partial charge is 1.00 e. The topological polar surface area (TPSA) is 9.86 Å². The zero-order chi connectivity index (χ0) is 27.8. The number of hydrogen-bond acceptors (Lipinski definition) is 0. The minimum atomic E-state index is -1.20. The van der Waals surface area contributed by atoms with Gasteiger partial charge in [-0.3, -0.25) is 0 Å². The van der Waals surface area contributed by atoms with Gasteiger partial charge < -0.3 is 24.8 Å². The minimum absolute atomic E-state index is 0. The summed E-state index contributed by atoms with van der Waals surface area (Å²) in [6.07, 6.45) is 5.09. The van der Waals surface area contributed by atoms with E-state index in [0.29, 0.717) is 0 Å². The second-order valence-corrected chi connectivity index (χ2v) is 15.0. The molecule has 212 valence electrons. The van der Waals surface area contributed by atoms with Crippen molar-refractivity contribution in [1.82, 2.24) is 9.13 Å². The Kier molecular flexibility index (Phi) is 7.97. The SMILES string of the molecule is Cc1c(C)n(C2[C]([Zr+2][C]3=Cc4ccccc4C3n3c(C)c(C)c4ccccc43)=Cc3ccccc32)c2ccccc12.[Cl-].[Cl-]. The molecule has 2 aliphatic carbocycles. The minimum Gasteiger partial charge on any atom is -1.00 e. The van der Waals surface area contributed by atoms with Gasteiger partial charge in [0.05, 0.1) is 0 Å². The second-order valence-electron chi connectivity index (χ2n) is 11.6. The van der Waals surface area contributed by atoms with Crippen LogP contribution in [0, 0.1) is 27.7 Å². The monoisotopic (exact) mass is 676 g/mol. The van der Waals surface area contributed by atoms with Crippen molar-refractivity contribution in [2.24, 2.45) is 0 Å². The van der Waals surface area contributed by atoms with Gasteiger partial charge in [-0.2, -0.15) is 0 Å². The van der Waals surface area contributed by atoms with Crippen LogP contribution >= 0.6 is 0 Å². The zero-order valence-electron chi connectivity index (χ0n) is 24.7. The molecule has 8 rings (SSSR count). The predicted octanol–water partition coefficient (Wildman–Crippen LogP) is 3.51. The largest absolute Gasteiger partial charge is 1.00 e. The maximum absolute atomic E-state index is 2.64. The van der Waals surface area contributed by atoms with Crippen LogP contribution in [0.5, 0.6) is 0 Å².